The Morgan fingerprint density at radius 2 is 1.66 bits per heavy atom. The Hall–Kier alpha value is -3.87. The highest BCUT2D eigenvalue weighted by Crippen LogP contribution is 2.14. The van der Waals surface area contributed by atoms with Gasteiger partial charge in [-0.1, -0.05) is 18.2 Å². The summed E-state index contributed by atoms with van der Waals surface area (Å²) in [4.78, 5) is 28.5. The van der Waals surface area contributed by atoms with Crippen molar-refractivity contribution in [1.82, 2.24) is 15.6 Å². The van der Waals surface area contributed by atoms with Gasteiger partial charge in [0.1, 0.15) is 5.75 Å². The Morgan fingerprint density at radius 1 is 0.906 bits per heavy atom. The molecule has 0 radical (unpaired) electrons. The van der Waals surface area contributed by atoms with Gasteiger partial charge in [-0.2, -0.15) is 0 Å². The maximum Gasteiger partial charge on any atom is 0.251 e. The van der Waals surface area contributed by atoms with E-state index in [0.717, 1.165) is 34.5 Å². The van der Waals surface area contributed by atoms with Crippen LogP contribution in [0.15, 0.2) is 67.0 Å². The van der Waals surface area contributed by atoms with E-state index in [-0.39, 0.29) is 18.4 Å². The van der Waals surface area contributed by atoms with Crippen LogP contribution in [-0.2, 0) is 11.2 Å². The van der Waals surface area contributed by atoms with Crippen molar-refractivity contribution in [3.8, 4) is 5.75 Å². The van der Waals surface area contributed by atoms with Gasteiger partial charge in [-0.15, -0.1) is 0 Å². The van der Waals surface area contributed by atoms with Gasteiger partial charge in [-0.3, -0.25) is 14.6 Å². The number of nitrogens with one attached hydrogen (secondary N) is 3. The van der Waals surface area contributed by atoms with E-state index < -0.39 is 0 Å². The number of carbonyl (C=O) groups is 2. The van der Waals surface area contributed by atoms with Crippen LogP contribution in [0.3, 0.4) is 0 Å². The van der Waals surface area contributed by atoms with Crippen LogP contribution >= 0.6 is 0 Å². The van der Waals surface area contributed by atoms with Crippen molar-refractivity contribution < 1.29 is 14.3 Å². The molecule has 1 aromatic heterocycles. The van der Waals surface area contributed by atoms with Crippen LogP contribution in [0.25, 0.3) is 0 Å². The molecule has 2 amide bonds. The predicted octanol–water partition coefficient (Wildman–Crippen LogP) is 2.95. The van der Waals surface area contributed by atoms with E-state index in [4.69, 9.17) is 4.74 Å². The Bertz CT molecular complexity index is 1030. The second-order valence-electron chi connectivity index (χ2n) is 7.43. The van der Waals surface area contributed by atoms with Crippen molar-refractivity contribution in [2.75, 3.05) is 32.1 Å². The van der Waals surface area contributed by atoms with Gasteiger partial charge >= 0.3 is 0 Å². The summed E-state index contributed by atoms with van der Waals surface area (Å²) in [7, 11) is 1.62. The zero-order valence-electron chi connectivity index (χ0n) is 18.4. The average Bonchev–Trinajstić information content (AvgIpc) is 2.81. The Labute approximate surface area is 188 Å². The van der Waals surface area contributed by atoms with Crippen LogP contribution in [0.1, 0.15) is 27.0 Å². The number of carbonyl (C=O) groups excluding carboxylic acids is 2. The largest absolute Gasteiger partial charge is 0.497 e. The normalized spacial score (nSPS) is 10.3. The van der Waals surface area contributed by atoms with E-state index in [0.29, 0.717) is 18.7 Å². The molecule has 3 rings (SSSR count). The van der Waals surface area contributed by atoms with Crippen molar-refractivity contribution in [2.24, 2.45) is 0 Å². The number of nitrogens with zero attached hydrogens (tertiary/aromatic N) is 1. The molecular formula is C25H28N4O3. The van der Waals surface area contributed by atoms with Gasteiger partial charge in [-0.25, -0.2) is 0 Å². The van der Waals surface area contributed by atoms with Crippen molar-refractivity contribution in [3.05, 3.63) is 89.2 Å². The number of amides is 2. The Kier molecular flexibility index (Phi) is 8.20. The average molecular weight is 433 g/mol. The molecule has 0 saturated carbocycles. The lowest BCUT2D eigenvalue weighted by Gasteiger charge is -2.10. The van der Waals surface area contributed by atoms with E-state index >= 15 is 0 Å². The highest BCUT2D eigenvalue weighted by molar-refractivity contribution is 5.96. The van der Waals surface area contributed by atoms with E-state index in [1.807, 2.05) is 55.7 Å². The number of aromatic nitrogens is 1. The van der Waals surface area contributed by atoms with Gasteiger partial charge in [0.05, 0.1) is 13.7 Å². The zero-order chi connectivity index (χ0) is 22.8. The van der Waals surface area contributed by atoms with Crippen LogP contribution in [0.5, 0.6) is 5.75 Å². The third kappa shape index (κ3) is 7.12. The SMILES string of the molecule is COc1ccc(NCCNC(=O)CNC(=O)c2ccc(Cc3cncc(C)c3)cc2)cc1. The van der Waals surface area contributed by atoms with E-state index in [1.54, 1.807) is 19.2 Å². The van der Waals surface area contributed by atoms with Crippen molar-refractivity contribution >= 4 is 17.5 Å². The lowest BCUT2D eigenvalue weighted by atomic mass is 10.0. The lowest BCUT2D eigenvalue weighted by molar-refractivity contribution is -0.120. The highest BCUT2D eigenvalue weighted by atomic mass is 16.5. The Balaban J connectivity index is 1.36. The number of pyridine rings is 1. The minimum atomic E-state index is -0.278. The molecule has 3 N–H and O–H groups in total. The molecule has 0 atom stereocenters. The van der Waals surface area contributed by atoms with Crippen molar-refractivity contribution in [3.63, 3.8) is 0 Å². The minimum absolute atomic E-state index is 0.0713. The maximum atomic E-state index is 12.3. The Morgan fingerprint density at radius 3 is 2.34 bits per heavy atom. The summed E-state index contributed by atoms with van der Waals surface area (Å²) in [6, 6.07) is 17.0. The molecule has 7 heteroatoms. The molecule has 0 saturated heterocycles. The van der Waals surface area contributed by atoms with Gasteiger partial charge in [0.2, 0.25) is 5.91 Å². The van der Waals surface area contributed by atoms with Gasteiger partial charge < -0.3 is 20.7 Å². The first-order valence-electron chi connectivity index (χ1n) is 10.5. The first-order chi connectivity index (χ1) is 15.5. The molecule has 1 heterocycles. The van der Waals surface area contributed by atoms with Crippen LogP contribution in [-0.4, -0.2) is 43.5 Å². The fraction of sp³-hybridized carbons (Fsp3) is 0.240. The molecule has 2 aromatic carbocycles. The first-order valence-corrected chi connectivity index (χ1v) is 10.5. The number of benzene rings is 2. The molecular weight excluding hydrogens is 404 g/mol. The van der Waals surface area contributed by atoms with Gasteiger partial charge in [0.15, 0.2) is 0 Å². The molecule has 0 unspecified atom stereocenters. The number of ether oxygens (including phenoxy) is 1. The molecule has 0 aliphatic heterocycles. The summed E-state index contributed by atoms with van der Waals surface area (Å²) in [5.74, 6) is 0.275. The maximum absolute atomic E-state index is 12.3. The van der Waals surface area contributed by atoms with Crippen LogP contribution in [0.4, 0.5) is 5.69 Å². The smallest absolute Gasteiger partial charge is 0.251 e. The quantitative estimate of drug-likeness (QED) is 0.429. The summed E-state index contributed by atoms with van der Waals surface area (Å²) in [5.41, 5.74) is 4.80. The molecule has 0 aliphatic carbocycles. The van der Waals surface area contributed by atoms with Crippen molar-refractivity contribution in [2.45, 2.75) is 13.3 Å². The number of hydrogen-bond donors (Lipinski definition) is 3. The first kappa shape index (κ1) is 22.8. The molecule has 0 bridgehead atoms. The summed E-state index contributed by atoms with van der Waals surface area (Å²) in [5, 5.41) is 8.63. The third-order valence-corrected chi connectivity index (χ3v) is 4.83. The predicted molar refractivity (Wildman–Crippen MR) is 125 cm³/mol. The molecule has 3 aromatic rings. The summed E-state index contributed by atoms with van der Waals surface area (Å²) < 4.78 is 5.12. The van der Waals surface area contributed by atoms with E-state index in [9.17, 15) is 9.59 Å². The second kappa shape index (κ2) is 11.5. The zero-order valence-corrected chi connectivity index (χ0v) is 18.4. The second-order valence-corrected chi connectivity index (χ2v) is 7.43. The monoisotopic (exact) mass is 432 g/mol. The fourth-order valence-corrected chi connectivity index (χ4v) is 3.17. The van der Waals surface area contributed by atoms with E-state index in [2.05, 4.69) is 27.0 Å². The summed E-state index contributed by atoms with van der Waals surface area (Å²) >= 11 is 0. The van der Waals surface area contributed by atoms with Crippen LogP contribution < -0.4 is 20.7 Å². The molecule has 0 spiro atoms. The van der Waals surface area contributed by atoms with Gasteiger partial charge in [-0.05, 0) is 66.4 Å². The van der Waals surface area contributed by atoms with E-state index in [1.165, 1.54) is 0 Å². The highest BCUT2D eigenvalue weighted by Gasteiger charge is 2.08. The molecule has 7 nitrogen and oxygen atoms in total. The van der Waals surface area contributed by atoms with Crippen LogP contribution in [0.2, 0.25) is 0 Å². The summed E-state index contributed by atoms with van der Waals surface area (Å²) in [6.45, 7) is 2.96. The van der Waals surface area contributed by atoms with Gasteiger partial charge in [0.25, 0.3) is 5.91 Å². The summed E-state index contributed by atoms with van der Waals surface area (Å²) in [6.07, 6.45) is 4.42. The number of rotatable bonds is 10. The number of anilines is 1. The molecule has 32 heavy (non-hydrogen) atoms. The topological polar surface area (TPSA) is 92.4 Å². The molecule has 166 valence electrons. The van der Waals surface area contributed by atoms with Crippen LogP contribution in [0, 0.1) is 6.92 Å². The standard InChI is InChI=1S/C25H28N4O3/c1-18-13-20(16-26-15-18)14-19-3-5-21(6-4-19)25(31)29-17-24(30)28-12-11-27-22-7-9-23(32-2)10-8-22/h3-10,13,15-16,27H,11-12,14,17H2,1-2H3,(H,28,30)(H,29,31). The molecule has 0 aliphatic rings. The fourth-order valence-electron chi connectivity index (χ4n) is 3.17. The number of methoxy groups -OCH3 is 1. The minimum Gasteiger partial charge on any atom is -0.497 e. The number of aryl methyl sites for hydroxylation is 1. The third-order valence-electron chi connectivity index (χ3n) is 4.83. The number of hydrogen-bond acceptors (Lipinski definition) is 5. The molecule has 0 fully saturated rings. The van der Waals surface area contributed by atoms with Gasteiger partial charge in [0, 0.05) is 36.7 Å². The lowest BCUT2D eigenvalue weighted by Crippen LogP contribution is -2.38. The van der Waals surface area contributed by atoms with Crippen molar-refractivity contribution in [1.29, 1.82) is 0 Å².